The molecule has 0 fully saturated rings. The fourth-order valence-electron chi connectivity index (χ4n) is 0.649. The van der Waals surface area contributed by atoms with Crippen molar-refractivity contribution in [2.45, 2.75) is 0 Å². The number of anilines is 1. The third-order valence-electron chi connectivity index (χ3n) is 1.27. The molecule has 10 heavy (non-hydrogen) atoms. The minimum absolute atomic E-state index is 0.967. The van der Waals surface area contributed by atoms with Crippen LogP contribution in [0.15, 0.2) is 10.7 Å². The van der Waals surface area contributed by atoms with E-state index < -0.39 is 0 Å². The molecule has 0 atom stereocenters. The highest BCUT2D eigenvalue weighted by Crippen LogP contribution is 2.15. The van der Waals surface area contributed by atoms with Crippen LogP contribution in [-0.4, -0.2) is 23.9 Å². The van der Waals surface area contributed by atoms with Crippen molar-refractivity contribution in [2.24, 2.45) is 7.05 Å². The van der Waals surface area contributed by atoms with E-state index in [1.165, 1.54) is 0 Å². The van der Waals surface area contributed by atoms with Crippen molar-refractivity contribution < 1.29 is 0 Å². The van der Waals surface area contributed by atoms with Crippen molar-refractivity contribution in [1.82, 2.24) is 9.78 Å². The van der Waals surface area contributed by atoms with Gasteiger partial charge in [-0.05, 0) is 15.9 Å². The largest absolute Gasteiger partial charge is 0.361 e. The normalized spacial score (nSPS) is 10.0. The Morgan fingerprint density at radius 2 is 2.20 bits per heavy atom. The molecule has 0 N–H and O–H groups in total. The molecule has 1 aromatic heterocycles. The molecular formula is C6H10BrN3. The second-order valence-corrected chi connectivity index (χ2v) is 3.16. The van der Waals surface area contributed by atoms with Crippen molar-refractivity contribution in [3.05, 3.63) is 10.7 Å². The average molecular weight is 204 g/mol. The maximum atomic E-state index is 4.21. The predicted octanol–water partition coefficient (Wildman–Crippen LogP) is 1.25. The van der Waals surface area contributed by atoms with Gasteiger partial charge in [0.05, 0.1) is 0 Å². The molecule has 0 spiro atoms. The maximum Gasteiger partial charge on any atom is 0.151 e. The summed E-state index contributed by atoms with van der Waals surface area (Å²) >= 11 is 3.36. The summed E-state index contributed by atoms with van der Waals surface area (Å²) < 4.78 is 2.78. The molecule has 0 unspecified atom stereocenters. The molecule has 0 aliphatic carbocycles. The van der Waals surface area contributed by atoms with Gasteiger partial charge in [0.2, 0.25) is 0 Å². The Labute approximate surface area is 68.8 Å². The van der Waals surface area contributed by atoms with Gasteiger partial charge in [-0.3, -0.25) is 4.68 Å². The number of nitrogens with zero attached hydrogens (tertiary/aromatic N) is 3. The van der Waals surface area contributed by atoms with E-state index in [0.717, 1.165) is 10.4 Å². The molecule has 4 heteroatoms. The van der Waals surface area contributed by atoms with Gasteiger partial charge in [0.1, 0.15) is 4.60 Å². The number of hydrogen-bond donors (Lipinski definition) is 0. The molecule has 0 amide bonds. The molecule has 3 nitrogen and oxygen atoms in total. The van der Waals surface area contributed by atoms with Crippen LogP contribution in [-0.2, 0) is 7.05 Å². The van der Waals surface area contributed by atoms with Crippen LogP contribution in [0.3, 0.4) is 0 Å². The molecule has 0 aliphatic rings. The fourth-order valence-corrected chi connectivity index (χ4v) is 0.933. The van der Waals surface area contributed by atoms with E-state index in [9.17, 15) is 0 Å². The smallest absolute Gasteiger partial charge is 0.151 e. The van der Waals surface area contributed by atoms with Gasteiger partial charge in [-0.2, -0.15) is 5.10 Å². The lowest BCUT2D eigenvalue weighted by Crippen LogP contribution is -2.09. The van der Waals surface area contributed by atoms with E-state index >= 15 is 0 Å². The van der Waals surface area contributed by atoms with E-state index in [4.69, 9.17) is 0 Å². The second kappa shape index (κ2) is 2.62. The van der Waals surface area contributed by atoms with Crippen molar-refractivity contribution in [3.8, 4) is 0 Å². The van der Waals surface area contributed by atoms with Crippen LogP contribution in [0.1, 0.15) is 0 Å². The van der Waals surface area contributed by atoms with Crippen LogP contribution in [0, 0.1) is 0 Å². The summed E-state index contributed by atoms with van der Waals surface area (Å²) in [6, 6.07) is 1.97. The van der Waals surface area contributed by atoms with Gasteiger partial charge >= 0.3 is 0 Å². The van der Waals surface area contributed by atoms with Crippen LogP contribution in [0.2, 0.25) is 0 Å². The van der Waals surface area contributed by atoms with Crippen molar-refractivity contribution in [3.63, 3.8) is 0 Å². The average Bonchev–Trinajstić information content (AvgIpc) is 2.13. The summed E-state index contributed by atoms with van der Waals surface area (Å²) in [5.41, 5.74) is 0. The first-order valence-electron chi connectivity index (χ1n) is 2.98. The minimum Gasteiger partial charge on any atom is -0.361 e. The zero-order chi connectivity index (χ0) is 7.72. The van der Waals surface area contributed by atoms with Gasteiger partial charge in [0, 0.05) is 27.2 Å². The molecule has 0 saturated carbocycles. The lowest BCUT2D eigenvalue weighted by atomic mass is 10.6. The van der Waals surface area contributed by atoms with E-state index in [1.807, 2.05) is 32.1 Å². The summed E-state index contributed by atoms with van der Waals surface area (Å²) in [5, 5.41) is 4.21. The van der Waals surface area contributed by atoms with Gasteiger partial charge < -0.3 is 4.90 Å². The Balaban J connectivity index is 2.98. The molecule has 0 radical (unpaired) electrons. The molecule has 0 saturated heterocycles. The number of rotatable bonds is 1. The second-order valence-electron chi connectivity index (χ2n) is 2.34. The summed E-state index contributed by atoms with van der Waals surface area (Å²) in [4.78, 5) is 1.96. The molecule has 1 rings (SSSR count). The maximum absolute atomic E-state index is 4.21. The van der Waals surface area contributed by atoms with Crippen molar-refractivity contribution >= 4 is 21.7 Å². The zero-order valence-corrected chi connectivity index (χ0v) is 7.88. The highest BCUT2D eigenvalue weighted by atomic mass is 79.9. The van der Waals surface area contributed by atoms with Gasteiger partial charge in [0.15, 0.2) is 5.82 Å². The zero-order valence-electron chi connectivity index (χ0n) is 6.30. The van der Waals surface area contributed by atoms with Gasteiger partial charge in [-0.1, -0.05) is 0 Å². The van der Waals surface area contributed by atoms with Gasteiger partial charge in [-0.25, -0.2) is 0 Å². The third kappa shape index (κ3) is 1.31. The molecule has 0 aromatic carbocycles. The quantitative estimate of drug-likeness (QED) is 0.686. The summed E-state index contributed by atoms with van der Waals surface area (Å²) in [7, 11) is 5.83. The van der Waals surface area contributed by atoms with Crippen molar-refractivity contribution in [2.75, 3.05) is 19.0 Å². The summed E-state index contributed by atoms with van der Waals surface area (Å²) in [5.74, 6) is 0.967. The molecular weight excluding hydrogens is 194 g/mol. The Kier molecular flexibility index (Phi) is 1.99. The lowest BCUT2D eigenvalue weighted by molar-refractivity contribution is 0.745. The first-order valence-corrected chi connectivity index (χ1v) is 3.77. The highest BCUT2D eigenvalue weighted by Gasteiger charge is 2.01. The Morgan fingerprint density at radius 1 is 1.60 bits per heavy atom. The van der Waals surface area contributed by atoms with Crippen LogP contribution < -0.4 is 4.90 Å². The van der Waals surface area contributed by atoms with Crippen LogP contribution in [0.5, 0.6) is 0 Å². The minimum atomic E-state index is 0.967. The number of aryl methyl sites for hydroxylation is 1. The van der Waals surface area contributed by atoms with Crippen molar-refractivity contribution in [1.29, 1.82) is 0 Å². The molecule has 0 bridgehead atoms. The summed E-state index contributed by atoms with van der Waals surface area (Å²) in [6.07, 6.45) is 0. The first-order chi connectivity index (χ1) is 4.61. The molecule has 56 valence electrons. The van der Waals surface area contributed by atoms with E-state index in [-0.39, 0.29) is 0 Å². The summed E-state index contributed by atoms with van der Waals surface area (Å²) in [6.45, 7) is 0. The Morgan fingerprint density at radius 3 is 2.40 bits per heavy atom. The van der Waals surface area contributed by atoms with Crippen LogP contribution in [0.4, 0.5) is 5.82 Å². The van der Waals surface area contributed by atoms with Gasteiger partial charge in [-0.15, -0.1) is 0 Å². The Hall–Kier alpha value is -0.510. The number of halogens is 1. The Bertz CT molecular complexity index is 209. The van der Waals surface area contributed by atoms with E-state index in [1.54, 1.807) is 4.68 Å². The SMILES string of the molecule is CN(C)c1cc(Br)n(C)n1. The molecule has 1 aromatic rings. The van der Waals surface area contributed by atoms with E-state index in [0.29, 0.717) is 0 Å². The lowest BCUT2D eigenvalue weighted by Gasteiger charge is -2.05. The van der Waals surface area contributed by atoms with Gasteiger partial charge in [0.25, 0.3) is 0 Å². The molecule has 0 aliphatic heterocycles. The molecule has 1 heterocycles. The third-order valence-corrected chi connectivity index (χ3v) is 2.01. The number of hydrogen-bond acceptors (Lipinski definition) is 2. The number of aromatic nitrogens is 2. The first kappa shape index (κ1) is 7.60. The predicted molar refractivity (Wildman–Crippen MR) is 45.2 cm³/mol. The van der Waals surface area contributed by atoms with E-state index in [2.05, 4.69) is 21.0 Å². The van der Waals surface area contributed by atoms with Crippen LogP contribution >= 0.6 is 15.9 Å². The highest BCUT2D eigenvalue weighted by molar-refractivity contribution is 9.10. The monoisotopic (exact) mass is 203 g/mol. The fraction of sp³-hybridized carbons (Fsp3) is 0.500. The van der Waals surface area contributed by atoms with Crippen LogP contribution in [0.25, 0.3) is 0 Å². The standard InChI is InChI=1S/C6H10BrN3/c1-9(2)6-4-5(7)10(3)8-6/h4H,1-3H3. The topological polar surface area (TPSA) is 21.1 Å².